The number of fused-ring (bicyclic) bond motifs is 1. The molecule has 5 saturated carbocycles. The summed E-state index contributed by atoms with van der Waals surface area (Å²) in [4.78, 5) is 23.8. The minimum absolute atomic E-state index is 0.183. The van der Waals surface area contributed by atoms with E-state index >= 15 is 4.79 Å². The van der Waals surface area contributed by atoms with Crippen LogP contribution in [0.4, 0.5) is 0 Å². The third-order valence-corrected chi connectivity index (χ3v) is 17.5. The van der Waals surface area contributed by atoms with Crippen LogP contribution in [0.3, 0.4) is 0 Å². The highest BCUT2D eigenvalue weighted by molar-refractivity contribution is 7.67. The molecule has 0 aromatic heterocycles. The smallest absolute Gasteiger partial charge is 0.231 e. The monoisotopic (exact) mass is 666 g/mol. The number of nitrogens with zero attached hydrogens (tertiary/aromatic N) is 2. The van der Waals surface area contributed by atoms with Gasteiger partial charge in [-0.25, -0.2) is 0 Å². The maximum absolute atomic E-state index is 15.3. The van der Waals surface area contributed by atoms with Crippen molar-refractivity contribution in [2.24, 2.45) is 22.7 Å². The van der Waals surface area contributed by atoms with Crippen molar-refractivity contribution in [1.29, 1.82) is 0 Å². The first-order valence-electron chi connectivity index (χ1n) is 21.0. The van der Waals surface area contributed by atoms with Gasteiger partial charge in [0.25, 0.3) is 0 Å². The molecule has 0 spiro atoms. The number of hydrogen-bond acceptors (Lipinski definition) is 2. The fraction of sp³-hybridized carbons (Fsp3) is 0.727. The lowest BCUT2D eigenvalue weighted by molar-refractivity contribution is -0.135. The highest BCUT2D eigenvalue weighted by atomic mass is 31.1. The molecule has 8 rings (SSSR count). The van der Waals surface area contributed by atoms with Crippen molar-refractivity contribution in [3.63, 3.8) is 0 Å². The fourth-order valence-corrected chi connectivity index (χ4v) is 15.6. The van der Waals surface area contributed by atoms with Gasteiger partial charge in [0, 0.05) is 11.5 Å². The van der Waals surface area contributed by atoms with Crippen LogP contribution in [-0.2, 0) is 4.79 Å². The predicted molar refractivity (Wildman–Crippen MR) is 205 cm³/mol. The van der Waals surface area contributed by atoms with Gasteiger partial charge in [-0.15, -0.1) is 0 Å². The van der Waals surface area contributed by atoms with Crippen LogP contribution in [0.1, 0.15) is 166 Å². The molecule has 2 aromatic carbocycles. The van der Waals surface area contributed by atoms with Gasteiger partial charge in [-0.3, -0.25) is 14.7 Å². The van der Waals surface area contributed by atoms with Gasteiger partial charge in [-0.05, 0) is 110 Å². The Labute approximate surface area is 293 Å². The topological polar surface area (TPSA) is 32.7 Å². The van der Waals surface area contributed by atoms with Crippen molar-refractivity contribution < 1.29 is 4.79 Å². The number of benzene rings is 2. The molecule has 0 radical (unpaired) electrons. The van der Waals surface area contributed by atoms with Crippen LogP contribution in [0.15, 0.2) is 41.4 Å². The summed E-state index contributed by atoms with van der Waals surface area (Å²) in [6.45, 7) is 0. The molecule has 0 N–H and O–H groups in total. The molecule has 48 heavy (non-hydrogen) atoms. The Morgan fingerprint density at radius 1 is 0.583 bits per heavy atom. The summed E-state index contributed by atoms with van der Waals surface area (Å²) in [6, 6.07) is 14.8. The van der Waals surface area contributed by atoms with Crippen LogP contribution < -0.4 is 5.30 Å². The van der Waals surface area contributed by atoms with E-state index in [0.717, 1.165) is 30.0 Å². The van der Waals surface area contributed by atoms with Crippen molar-refractivity contribution in [1.82, 2.24) is 4.90 Å². The second kappa shape index (κ2) is 15.7. The first kappa shape index (κ1) is 33.4. The van der Waals surface area contributed by atoms with Gasteiger partial charge in [0.1, 0.15) is 5.84 Å². The average Bonchev–Trinajstić information content (AvgIpc) is 3.57. The molecule has 260 valence electrons. The summed E-state index contributed by atoms with van der Waals surface area (Å²) in [5.41, 5.74) is 3.02. The van der Waals surface area contributed by atoms with Crippen molar-refractivity contribution in [2.45, 2.75) is 184 Å². The first-order valence-corrected chi connectivity index (χ1v) is 22.5. The second-order valence-corrected chi connectivity index (χ2v) is 19.7. The zero-order chi connectivity index (χ0) is 32.3. The van der Waals surface area contributed by atoms with Crippen LogP contribution in [-0.4, -0.2) is 40.0 Å². The maximum Gasteiger partial charge on any atom is 0.231 e. The van der Waals surface area contributed by atoms with Gasteiger partial charge >= 0.3 is 0 Å². The molecule has 2 aromatic rings. The maximum atomic E-state index is 15.3. The lowest BCUT2D eigenvalue weighted by Gasteiger charge is -2.42. The zero-order valence-electron chi connectivity index (χ0n) is 29.9. The summed E-state index contributed by atoms with van der Waals surface area (Å²) >= 11 is 0. The third-order valence-electron chi connectivity index (χ3n) is 13.9. The molecular formula is C44H63N2OP. The second-order valence-electron chi connectivity index (χ2n) is 16.9. The van der Waals surface area contributed by atoms with Gasteiger partial charge in [-0.2, -0.15) is 0 Å². The van der Waals surface area contributed by atoms with Crippen LogP contribution in [0, 0.1) is 17.8 Å². The minimum atomic E-state index is -0.358. The summed E-state index contributed by atoms with van der Waals surface area (Å²) in [5, 5.41) is 4.54. The number of hydrogen-bond donors (Lipinski definition) is 0. The van der Waals surface area contributed by atoms with E-state index in [9.17, 15) is 0 Å². The lowest BCUT2D eigenvalue weighted by Crippen LogP contribution is -2.53. The van der Waals surface area contributed by atoms with Crippen molar-refractivity contribution in [2.75, 3.05) is 0 Å². The average molecular weight is 667 g/mol. The Morgan fingerprint density at radius 2 is 1.10 bits per heavy atom. The number of rotatable bonds is 7. The molecular weight excluding hydrogens is 603 g/mol. The van der Waals surface area contributed by atoms with E-state index in [4.69, 9.17) is 4.99 Å². The number of carbonyl (C=O) groups excluding carboxylic acids is 1. The Hall–Kier alpha value is -1.73. The summed E-state index contributed by atoms with van der Waals surface area (Å²) < 4.78 is 0. The minimum Gasteiger partial charge on any atom is -0.291 e. The van der Waals surface area contributed by atoms with Crippen molar-refractivity contribution in [3.8, 4) is 0 Å². The normalized spacial score (nSPS) is 27.9. The number of aliphatic imine (C=N–C) groups is 1. The standard InChI is InChI=1S/C44H63N2OP/c47-44(35-23-10-3-11-24-35)46-41(34-21-8-2-9-22-34)40(33-19-6-1-7-20-33)45-43(46)39-31-30-32-18-16-17-29-38(32)42(39)48(36-25-12-4-13-26-36)37-27-14-5-15-28-37/h16-18,29-31,33-37,40-41H,1-15,19-28H2/t40-,41-/m0/s1. The molecule has 4 heteroatoms. The molecule has 5 aliphatic carbocycles. The quantitative estimate of drug-likeness (QED) is 0.271. The van der Waals surface area contributed by atoms with Crippen LogP contribution in [0.2, 0.25) is 0 Å². The number of carbonyl (C=O) groups is 1. The molecule has 2 atom stereocenters. The Morgan fingerprint density at radius 3 is 1.71 bits per heavy atom. The Kier molecular flexibility index (Phi) is 10.9. The third kappa shape index (κ3) is 6.82. The van der Waals surface area contributed by atoms with E-state index in [1.54, 1.807) is 5.30 Å². The first-order chi connectivity index (χ1) is 23.8. The summed E-state index contributed by atoms with van der Waals surface area (Å²) in [6.07, 6.45) is 33.2. The molecule has 0 unspecified atom stereocenters. The molecule has 0 saturated heterocycles. The van der Waals surface area contributed by atoms with E-state index in [2.05, 4.69) is 41.3 Å². The van der Waals surface area contributed by atoms with E-state index in [-0.39, 0.29) is 25.9 Å². The number of amidine groups is 1. The Bertz CT molecular complexity index is 1390. The van der Waals surface area contributed by atoms with Crippen LogP contribution >= 0.6 is 7.92 Å². The van der Waals surface area contributed by atoms with Crippen molar-refractivity contribution >= 4 is 35.7 Å². The van der Waals surface area contributed by atoms with Crippen LogP contribution in [0.25, 0.3) is 10.8 Å². The molecule has 6 aliphatic rings. The molecule has 1 amide bonds. The van der Waals surface area contributed by atoms with Gasteiger partial charge in [-0.1, -0.05) is 135 Å². The molecule has 3 nitrogen and oxygen atoms in total. The zero-order valence-corrected chi connectivity index (χ0v) is 30.8. The van der Waals surface area contributed by atoms with Gasteiger partial charge in [0.05, 0.1) is 12.1 Å². The van der Waals surface area contributed by atoms with E-state index in [1.807, 2.05) is 0 Å². The fourth-order valence-electron chi connectivity index (χ4n) is 11.5. The van der Waals surface area contributed by atoms with Gasteiger partial charge in [0.15, 0.2) is 0 Å². The van der Waals surface area contributed by atoms with E-state index in [0.29, 0.717) is 17.7 Å². The lowest BCUT2D eigenvalue weighted by atomic mass is 9.74. The van der Waals surface area contributed by atoms with Crippen molar-refractivity contribution in [3.05, 3.63) is 42.0 Å². The van der Waals surface area contributed by atoms with Gasteiger partial charge in [0.2, 0.25) is 5.91 Å². The highest BCUT2D eigenvalue weighted by Gasteiger charge is 2.50. The molecule has 0 bridgehead atoms. The van der Waals surface area contributed by atoms with Crippen LogP contribution in [0.5, 0.6) is 0 Å². The predicted octanol–water partition coefficient (Wildman–Crippen LogP) is 11.7. The van der Waals surface area contributed by atoms with Gasteiger partial charge < -0.3 is 0 Å². The molecule has 5 fully saturated rings. The summed E-state index contributed by atoms with van der Waals surface area (Å²) in [5.74, 6) is 3.01. The van der Waals surface area contributed by atoms with E-state index < -0.39 is 0 Å². The Balaban J connectivity index is 1.31. The number of amides is 1. The van der Waals surface area contributed by atoms with E-state index in [1.165, 1.54) is 164 Å². The molecule has 1 aliphatic heterocycles. The SMILES string of the molecule is O=C(C1CCCCC1)N1C(c2ccc3ccccc3c2P(C2CCCCC2)C2CCCCC2)=N[C@@H](C2CCCCC2)[C@@H]1C1CCCCC1. The largest absolute Gasteiger partial charge is 0.291 e. The molecule has 1 heterocycles. The highest BCUT2D eigenvalue weighted by Crippen LogP contribution is 2.57. The summed E-state index contributed by atoms with van der Waals surface area (Å²) in [7, 11) is -0.358.